The number of benzene rings is 2. The Hall–Kier alpha value is -2.46. The predicted molar refractivity (Wildman–Crippen MR) is 92.7 cm³/mol. The second kappa shape index (κ2) is 7.70. The summed E-state index contributed by atoms with van der Waals surface area (Å²) in [5, 5.41) is 3.21. The molecule has 5 heteroatoms. The van der Waals surface area contributed by atoms with Gasteiger partial charge in [0.25, 0.3) is 0 Å². The van der Waals surface area contributed by atoms with Gasteiger partial charge >= 0.3 is 6.09 Å². The van der Waals surface area contributed by atoms with Crippen LogP contribution in [0.5, 0.6) is 11.5 Å². The summed E-state index contributed by atoms with van der Waals surface area (Å²) in [6.45, 7) is 5.57. The number of anilines is 1. The molecule has 1 amide bonds. The lowest BCUT2D eigenvalue weighted by molar-refractivity contribution is 0.213. The second-order valence-electron chi connectivity index (χ2n) is 4.95. The smallest absolute Gasteiger partial charge is 0.417 e. The Labute approximate surface area is 140 Å². The van der Waals surface area contributed by atoms with Gasteiger partial charge < -0.3 is 9.47 Å². The van der Waals surface area contributed by atoms with Crippen LogP contribution in [0.1, 0.15) is 11.1 Å². The zero-order valence-electron chi connectivity index (χ0n) is 13.1. The van der Waals surface area contributed by atoms with Crippen LogP contribution in [0, 0.1) is 6.92 Å². The summed E-state index contributed by atoms with van der Waals surface area (Å²) in [6, 6.07) is 10.6. The molecule has 120 valence electrons. The summed E-state index contributed by atoms with van der Waals surface area (Å²) >= 11 is 5.94. The molecule has 0 saturated carbocycles. The predicted octanol–water partition coefficient (Wildman–Crippen LogP) is 5.00. The maximum absolute atomic E-state index is 12.1. The van der Waals surface area contributed by atoms with Gasteiger partial charge in [0.15, 0.2) is 11.5 Å². The molecule has 0 spiro atoms. The quantitative estimate of drug-likeness (QED) is 0.784. The summed E-state index contributed by atoms with van der Waals surface area (Å²) in [5.74, 6) is 0.833. The van der Waals surface area contributed by atoms with Gasteiger partial charge in [-0.25, -0.2) is 4.79 Å². The van der Waals surface area contributed by atoms with E-state index in [-0.39, 0.29) is 0 Å². The number of methoxy groups -OCH3 is 1. The molecule has 0 aromatic heterocycles. The first-order valence-corrected chi connectivity index (χ1v) is 7.44. The molecule has 0 fully saturated rings. The number of rotatable bonds is 5. The van der Waals surface area contributed by atoms with Gasteiger partial charge in [-0.1, -0.05) is 29.8 Å². The number of hydrogen-bond acceptors (Lipinski definition) is 3. The molecule has 2 aromatic rings. The van der Waals surface area contributed by atoms with Gasteiger partial charge in [0.1, 0.15) is 0 Å². The topological polar surface area (TPSA) is 47.6 Å². The fourth-order valence-electron chi connectivity index (χ4n) is 2.05. The monoisotopic (exact) mass is 331 g/mol. The summed E-state index contributed by atoms with van der Waals surface area (Å²) in [5.41, 5.74) is 2.51. The molecule has 0 bridgehead atoms. The Balaban J connectivity index is 2.13. The maximum Gasteiger partial charge on any atom is 0.417 e. The molecule has 0 radical (unpaired) electrons. The average Bonchev–Trinajstić information content (AvgIpc) is 2.52. The fourth-order valence-corrected chi connectivity index (χ4v) is 2.23. The van der Waals surface area contributed by atoms with Gasteiger partial charge in [0.2, 0.25) is 0 Å². The molecule has 0 unspecified atom stereocenters. The van der Waals surface area contributed by atoms with E-state index in [1.54, 1.807) is 24.3 Å². The van der Waals surface area contributed by atoms with E-state index in [9.17, 15) is 4.79 Å². The minimum Gasteiger partial charge on any atom is -0.493 e. The van der Waals surface area contributed by atoms with Crippen molar-refractivity contribution in [3.8, 4) is 11.5 Å². The number of carbonyl (C=O) groups is 1. The van der Waals surface area contributed by atoms with Crippen molar-refractivity contribution in [3.63, 3.8) is 0 Å². The van der Waals surface area contributed by atoms with Crippen LogP contribution in [0.15, 0.2) is 49.1 Å². The van der Waals surface area contributed by atoms with E-state index in [2.05, 4.69) is 11.9 Å². The highest BCUT2D eigenvalue weighted by molar-refractivity contribution is 6.31. The SMILES string of the molecule is C=CCc1ccc(OC(=O)Nc2cc(Cl)ccc2C)c(OC)c1. The molecule has 0 aliphatic heterocycles. The van der Waals surface area contributed by atoms with Crippen molar-refractivity contribution in [2.75, 3.05) is 12.4 Å². The van der Waals surface area contributed by atoms with E-state index in [4.69, 9.17) is 21.1 Å². The first-order valence-electron chi connectivity index (χ1n) is 7.06. The van der Waals surface area contributed by atoms with Crippen LogP contribution in [0.3, 0.4) is 0 Å². The highest BCUT2D eigenvalue weighted by Crippen LogP contribution is 2.29. The minimum atomic E-state index is -0.606. The van der Waals surface area contributed by atoms with E-state index in [1.165, 1.54) is 7.11 Å². The van der Waals surface area contributed by atoms with Gasteiger partial charge in [-0.3, -0.25) is 5.32 Å². The Morgan fingerprint density at radius 2 is 2.04 bits per heavy atom. The van der Waals surface area contributed by atoms with Crippen LogP contribution < -0.4 is 14.8 Å². The molecule has 2 rings (SSSR count). The number of amides is 1. The van der Waals surface area contributed by atoms with Crippen LogP contribution in [0.25, 0.3) is 0 Å². The van der Waals surface area contributed by atoms with Crippen molar-refractivity contribution in [2.45, 2.75) is 13.3 Å². The van der Waals surface area contributed by atoms with Gasteiger partial charge in [-0.15, -0.1) is 6.58 Å². The molecule has 0 aliphatic carbocycles. The van der Waals surface area contributed by atoms with E-state index in [0.29, 0.717) is 28.6 Å². The summed E-state index contributed by atoms with van der Waals surface area (Å²) in [4.78, 5) is 12.1. The maximum atomic E-state index is 12.1. The zero-order valence-corrected chi connectivity index (χ0v) is 13.8. The van der Waals surface area contributed by atoms with Gasteiger partial charge in [-0.2, -0.15) is 0 Å². The Morgan fingerprint density at radius 3 is 2.74 bits per heavy atom. The molecular formula is C18H18ClNO3. The normalized spacial score (nSPS) is 10.0. The number of carbonyl (C=O) groups excluding carboxylic acids is 1. The third-order valence-corrected chi connectivity index (χ3v) is 3.48. The third kappa shape index (κ3) is 4.50. The van der Waals surface area contributed by atoms with E-state index in [0.717, 1.165) is 11.1 Å². The van der Waals surface area contributed by atoms with Gasteiger partial charge in [0, 0.05) is 10.7 Å². The van der Waals surface area contributed by atoms with Crippen molar-refractivity contribution >= 4 is 23.4 Å². The number of aryl methyl sites for hydroxylation is 1. The van der Waals surface area contributed by atoms with Gasteiger partial charge in [0.05, 0.1) is 7.11 Å². The van der Waals surface area contributed by atoms with E-state index >= 15 is 0 Å². The van der Waals surface area contributed by atoms with Crippen molar-refractivity contribution < 1.29 is 14.3 Å². The van der Waals surface area contributed by atoms with Crippen LogP contribution in [0.4, 0.5) is 10.5 Å². The molecule has 0 saturated heterocycles. The molecule has 1 N–H and O–H groups in total. The largest absolute Gasteiger partial charge is 0.493 e. The molecule has 2 aromatic carbocycles. The highest BCUT2D eigenvalue weighted by Gasteiger charge is 2.12. The first-order chi connectivity index (χ1) is 11.0. The minimum absolute atomic E-state index is 0.345. The van der Waals surface area contributed by atoms with Crippen LogP contribution >= 0.6 is 11.6 Å². The summed E-state index contributed by atoms with van der Waals surface area (Å²) in [6.07, 6.45) is 1.90. The average molecular weight is 332 g/mol. The highest BCUT2D eigenvalue weighted by atomic mass is 35.5. The second-order valence-corrected chi connectivity index (χ2v) is 5.39. The van der Waals surface area contributed by atoms with E-state index < -0.39 is 6.09 Å². The van der Waals surface area contributed by atoms with Gasteiger partial charge in [-0.05, 0) is 48.7 Å². The van der Waals surface area contributed by atoms with Crippen molar-refractivity contribution in [1.29, 1.82) is 0 Å². The fraction of sp³-hybridized carbons (Fsp3) is 0.167. The number of ether oxygens (including phenoxy) is 2. The molecule has 0 aliphatic rings. The summed E-state index contributed by atoms with van der Waals surface area (Å²) in [7, 11) is 1.53. The zero-order chi connectivity index (χ0) is 16.8. The summed E-state index contributed by atoms with van der Waals surface area (Å²) < 4.78 is 10.6. The van der Waals surface area contributed by atoms with Crippen molar-refractivity contribution in [2.24, 2.45) is 0 Å². The molecule has 0 atom stereocenters. The number of hydrogen-bond donors (Lipinski definition) is 1. The lowest BCUT2D eigenvalue weighted by atomic mass is 10.1. The van der Waals surface area contributed by atoms with Crippen LogP contribution in [-0.2, 0) is 6.42 Å². The van der Waals surface area contributed by atoms with E-state index in [1.807, 2.05) is 25.1 Å². The number of halogens is 1. The lowest BCUT2D eigenvalue weighted by Crippen LogP contribution is -2.17. The number of nitrogens with one attached hydrogen (secondary N) is 1. The standard InChI is InChI=1S/C18H18ClNO3/c1-4-5-13-7-9-16(17(10-13)22-3)23-18(21)20-15-11-14(19)8-6-12(15)2/h4,6-11H,1,5H2,2-3H3,(H,20,21). The lowest BCUT2D eigenvalue weighted by Gasteiger charge is -2.12. The number of allylic oxidation sites excluding steroid dienone is 1. The van der Waals surface area contributed by atoms with Crippen molar-refractivity contribution in [3.05, 3.63) is 65.2 Å². The Morgan fingerprint density at radius 1 is 1.26 bits per heavy atom. The Bertz CT molecular complexity index is 728. The van der Waals surface area contributed by atoms with Crippen LogP contribution in [-0.4, -0.2) is 13.2 Å². The Kier molecular flexibility index (Phi) is 5.66. The first kappa shape index (κ1) is 16.9. The molecular weight excluding hydrogens is 314 g/mol. The molecule has 23 heavy (non-hydrogen) atoms. The van der Waals surface area contributed by atoms with Crippen LogP contribution in [0.2, 0.25) is 5.02 Å². The molecule has 0 heterocycles. The van der Waals surface area contributed by atoms with Crippen molar-refractivity contribution in [1.82, 2.24) is 0 Å². The third-order valence-electron chi connectivity index (χ3n) is 3.25. The molecule has 4 nitrogen and oxygen atoms in total.